The van der Waals surface area contributed by atoms with Gasteiger partial charge in [-0.3, -0.25) is 9.59 Å². The third-order valence-corrected chi connectivity index (χ3v) is 2.86. The van der Waals surface area contributed by atoms with E-state index in [0.29, 0.717) is 18.7 Å². The number of rotatable bonds is 5. The molecule has 0 radical (unpaired) electrons. The second kappa shape index (κ2) is 8.77. The molecule has 0 bridgehead atoms. The first-order valence-corrected chi connectivity index (χ1v) is 6.91. The fourth-order valence-corrected chi connectivity index (χ4v) is 1.81. The molecule has 0 aliphatic heterocycles. The van der Waals surface area contributed by atoms with Gasteiger partial charge in [-0.15, -0.1) is 0 Å². The van der Waals surface area contributed by atoms with Crippen molar-refractivity contribution in [1.29, 1.82) is 0 Å². The standard InChI is InChI=1S/C16H21N3O2/c1-3-11-19(12-15(20)18-2)16(21)14-8-6-13(7-9-14)5-4-10-17/h6-9H,3,10-12,17H2,1-2H3,(H,18,20). The number of carbonyl (C=O) groups is 2. The Morgan fingerprint density at radius 2 is 1.95 bits per heavy atom. The average Bonchev–Trinajstić information content (AvgIpc) is 2.52. The lowest BCUT2D eigenvalue weighted by Gasteiger charge is -2.21. The molecule has 0 aliphatic carbocycles. The number of carbonyl (C=O) groups excluding carboxylic acids is 2. The van der Waals surface area contributed by atoms with E-state index in [1.54, 1.807) is 36.2 Å². The second-order valence-corrected chi connectivity index (χ2v) is 4.48. The number of likely N-dealkylation sites (N-methyl/N-ethyl adjacent to an activating group) is 1. The fraction of sp³-hybridized carbons (Fsp3) is 0.375. The molecule has 0 unspecified atom stereocenters. The highest BCUT2D eigenvalue weighted by Gasteiger charge is 2.17. The van der Waals surface area contributed by atoms with E-state index in [-0.39, 0.29) is 18.4 Å². The largest absolute Gasteiger partial charge is 0.358 e. The van der Waals surface area contributed by atoms with E-state index in [9.17, 15) is 9.59 Å². The number of hydrogen-bond acceptors (Lipinski definition) is 3. The van der Waals surface area contributed by atoms with E-state index in [4.69, 9.17) is 5.73 Å². The Balaban J connectivity index is 2.85. The lowest BCUT2D eigenvalue weighted by Crippen LogP contribution is -2.40. The molecule has 1 rings (SSSR count). The number of amides is 2. The number of nitrogens with zero attached hydrogens (tertiary/aromatic N) is 1. The molecule has 0 saturated carbocycles. The molecule has 2 amide bonds. The van der Waals surface area contributed by atoms with Crippen molar-refractivity contribution >= 4 is 11.8 Å². The summed E-state index contributed by atoms with van der Waals surface area (Å²) >= 11 is 0. The maximum atomic E-state index is 12.4. The summed E-state index contributed by atoms with van der Waals surface area (Å²) in [6, 6.07) is 6.99. The van der Waals surface area contributed by atoms with E-state index < -0.39 is 0 Å². The highest BCUT2D eigenvalue weighted by molar-refractivity contribution is 5.96. The van der Waals surface area contributed by atoms with Crippen molar-refractivity contribution in [3.63, 3.8) is 0 Å². The molecule has 1 aromatic rings. The van der Waals surface area contributed by atoms with Gasteiger partial charge in [0, 0.05) is 24.7 Å². The lowest BCUT2D eigenvalue weighted by atomic mass is 10.1. The van der Waals surface area contributed by atoms with Gasteiger partial charge in [-0.1, -0.05) is 18.8 Å². The van der Waals surface area contributed by atoms with Crippen molar-refractivity contribution < 1.29 is 9.59 Å². The van der Waals surface area contributed by atoms with Gasteiger partial charge >= 0.3 is 0 Å². The quantitative estimate of drug-likeness (QED) is 0.779. The first kappa shape index (κ1) is 16.7. The summed E-state index contributed by atoms with van der Waals surface area (Å²) < 4.78 is 0. The van der Waals surface area contributed by atoms with Crippen LogP contribution < -0.4 is 11.1 Å². The summed E-state index contributed by atoms with van der Waals surface area (Å²) in [6.07, 6.45) is 0.794. The smallest absolute Gasteiger partial charge is 0.254 e. The van der Waals surface area contributed by atoms with Crippen LogP contribution in [0.5, 0.6) is 0 Å². The van der Waals surface area contributed by atoms with Gasteiger partial charge in [-0.05, 0) is 30.7 Å². The van der Waals surface area contributed by atoms with Gasteiger partial charge in [0.1, 0.15) is 0 Å². The molecular formula is C16H21N3O2. The van der Waals surface area contributed by atoms with E-state index in [1.165, 1.54) is 0 Å². The Labute approximate surface area is 125 Å². The SMILES string of the molecule is CCCN(CC(=O)NC)C(=O)c1ccc(C#CCN)cc1. The van der Waals surface area contributed by atoms with Crippen LogP contribution in [0.1, 0.15) is 29.3 Å². The second-order valence-electron chi connectivity index (χ2n) is 4.48. The van der Waals surface area contributed by atoms with E-state index in [1.807, 2.05) is 6.92 Å². The van der Waals surface area contributed by atoms with Crippen LogP contribution in [-0.4, -0.2) is 43.4 Å². The predicted octanol–water partition coefficient (Wildman–Crippen LogP) is 0.595. The number of nitrogens with two attached hydrogens (primary N) is 1. The molecule has 5 heteroatoms. The minimum Gasteiger partial charge on any atom is -0.358 e. The Kier molecular flexibility index (Phi) is 6.99. The number of benzene rings is 1. The molecule has 1 aromatic carbocycles. The normalized spacial score (nSPS) is 9.48. The number of hydrogen-bond donors (Lipinski definition) is 2. The Morgan fingerprint density at radius 1 is 1.29 bits per heavy atom. The molecule has 0 atom stereocenters. The lowest BCUT2D eigenvalue weighted by molar-refractivity contribution is -0.121. The third-order valence-electron chi connectivity index (χ3n) is 2.86. The molecule has 0 heterocycles. The van der Waals surface area contributed by atoms with E-state index in [2.05, 4.69) is 17.2 Å². The predicted molar refractivity (Wildman–Crippen MR) is 82.6 cm³/mol. The van der Waals surface area contributed by atoms with Crippen molar-refractivity contribution in [1.82, 2.24) is 10.2 Å². The van der Waals surface area contributed by atoms with Crippen LogP contribution in [0, 0.1) is 11.8 Å². The van der Waals surface area contributed by atoms with Crippen molar-refractivity contribution in [3.8, 4) is 11.8 Å². The van der Waals surface area contributed by atoms with Gasteiger partial charge < -0.3 is 16.0 Å². The van der Waals surface area contributed by atoms with Gasteiger partial charge in [-0.2, -0.15) is 0 Å². The van der Waals surface area contributed by atoms with Crippen molar-refractivity contribution in [2.75, 3.05) is 26.7 Å². The zero-order chi connectivity index (χ0) is 15.7. The van der Waals surface area contributed by atoms with Crippen LogP contribution in [0.3, 0.4) is 0 Å². The van der Waals surface area contributed by atoms with Gasteiger partial charge in [-0.25, -0.2) is 0 Å². The van der Waals surface area contributed by atoms with Crippen molar-refractivity contribution in [2.45, 2.75) is 13.3 Å². The molecule has 5 nitrogen and oxygen atoms in total. The van der Waals surface area contributed by atoms with Gasteiger partial charge in [0.2, 0.25) is 5.91 Å². The molecule has 0 saturated heterocycles. The molecule has 21 heavy (non-hydrogen) atoms. The highest BCUT2D eigenvalue weighted by atomic mass is 16.2. The average molecular weight is 287 g/mol. The van der Waals surface area contributed by atoms with Gasteiger partial charge in [0.25, 0.3) is 5.91 Å². The summed E-state index contributed by atoms with van der Waals surface area (Å²) in [5.41, 5.74) is 6.67. The van der Waals surface area contributed by atoms with Crippen LogP contribution in [0.2, 0.25) is 0 Å². The van der Waals surface area contributed by atoms with Gasteiger partial charge in [0.05, 0.1) is 13.1 Å². The van der Waals surface area contributed by atoms with Crippen LogP contribution in [-0.2, 0) is 4.79 Å². The van der Waals surface area contributed by atoms with Crippen molar-refractivity contribution in [3.05, 3.63) is 35.4 Å². The summed E-state index contributed by atoms with van der Waals surface area (Å²) in [5, 5.41) is 2.53. The molecule has 0 spiro atoms. The van der Waals surface area contributed by atoms with E-state index >= 15 is 0 Å². The van der Waals surface area contributed by atoms with Crippen LogP contribution >= 0.6 is 0 Å². The van der Waals surface area contributed by atoms with Crippen LogP contribution in [0.25, 0.3) is 0 Å². The first-order chi connectivity index (χ1) is 10.1. The highest BCUT2D eigenvalue weighted by Crippen LogP contribution is 2.08. The third kappa shape index (κ3) is 5.28. The summed E-state index contributed by atoms with van der Waals surface area (Å²) in [4.78, 5) is 25.4. The maximum Gasteiger partial charge on any atom is 0.254 e. The number of nitrogens with one attached hydrogen (secondary N) is 1. The molecule has 0 fully saturated rings. The van der Waals surface area contributed by atoms with Gasteiger partial charge in [0.15, 0.2) is 0 Å². The Hall–Kier alpha value is -2.32. The fourth-order valence-electron chi connectivity index (χ4n) is 1.81. The molecular weight excluding hydrogens is 266 g/mol. The Bertz CT molecular complexity index is 541. The monoisotopic (exact) mass is 287 g/mol. The van der Waals surface area contributed by atoms with Crippen LogP contribution in [0.4, 0.5) is 0 Å². The molecule has 112 valence electrons. The minimum absolute atomic E-state index is 0.0674. The zero-order valence-corrected chi connectivity index (χ0v) is 12.5. The maximum absolute atomic E-state index is 12.4. The molecule has 0 aliphatic rings. The summed E-state index contributed by atoms with van der Waals surface area (Å²) in [7, 11) is 1.56. The van der Waals surface area contributed by atoms with Crippen LogP contribution in [0.15, 0.2) is 24.3 Å². The topological polar surface area (TPSA) is 75.4 Å². The molecule has 0 aromatic heterocycles. The summed E-state index contributed by atoms with van der Waals surface area (Å²) in [6.45, 7) is 2.88. The minimum atomic E-state index is -0.178. The van der Waals surface area contributed by atoms with E-state index in [0.717, 1.165) is 12.0 Å². The van der Waals surface area contributed by atoms with Crippen molar-refractivity contribution in [2.24, 2.45) is 5.73 Å². The first-order valence-electron chi connectivity index (χ1n) is 6.91. The zero-order valence-electron chi connectivity index (χ0n) is 12.5. The Morgan fingerprint density at radius 3 is 2.48 bits per heavy atom. The summed E-state index contributed by atoms with van der Waals surface area (Å²) in [5.74, 6) is 5.33. The molecule has 3 N–H and O–H groups in total.